The molecule has 4 nitrogen and oxygen atoms in total. The number of hydrogen-bond acceptors (Lipinski definition) is 3. The lowest BCUT2D eigenvalue weighted by molar-refractivity contribution is -0.125. The van der Waals surface area contributed by atoms with Gasteiger partial charge < -0.3 is 9.84 Å². The Morgan fingerprint density at radius 3 is 3.18 bits per heavy atom. The van der Waals surface area contributed by atoms with Crippen molar-refractivity contribution in [2.24, 2.45) is 5.92 Å². The fourth-order valence-electron chi connectivity index (χ4n) is 2.03. The minimum absolute atomic E-state index is 0.176. The van der Waals surface area contributed by atoms with Crippen LogP contribution in [0.25, 0.3) is 0 Å². The highest BCUT2D eigenvalue weighted by molar-refractivity contribution is 5.78. The highest BCUT2D eigenvalue weighted by Crippen LogP contribution is 2.17. The van der Waals surface area contributed by atoms with E-state index in [1.165, 1.54) is 0 Å². The molecule has 1 aromatic heterocycles. The molecule has 1 aliphatic rings. The molecule has 2 rings (SSSR count). The first-order valence-corrected chi connectivity index (χ1v) is 6.17. The smallest absolute Gasteiger partial charge is 0.223 e. The number of nitrogens with one attached hydrogen (secondary N) is 1. The molecule has 1 unspecified atom stereocenters. The summed E-state index contributed by atoms with van der Waals surface area (Å²) in [6, 6.07) is 0. The normalized spacial score (nSPS) is 19.2. The molecule has 0 spiro atoms. The Kier molecular flexibility index (Phi) is 4.36. The van der Waals surface area contributed by atoms with Gasteiger partial charge >= 0.3 is 0 Å². The summed E-state index contributed by atoms with van der Waals surface area (Å²) >= 11 is 0. The first-order valence-electron chi connectivity index (χ1n) is 6.17. The van der Waals surface area contributed by atoms with Gasteiger partial charge in [-0.25, -0.2) is 0 Å². The third-order valence-corrected chi connectivity index (χ3v) is 3.06. The van der Waals surface area contributed by atoms with Crippen molar-refractivity contribution in [3.8, 4) is 0 Å². The molecule has 1 atom stereocenters. The van der Waals surface area contributed by atoms with Crippen LogP contribution in [0.2, 0.25) is 0 Å². The molecular weight excluding hydrogens is 216 g/mol. The van der Waals surface area contributed by atoms with Crippen molar-refractivity contribution in [3.63, 3.8) is 0 Å². The van der Waals surface area contributed by atoms with Crippen LogP contribution in [0.1, 0.15) is 31.2 Å². The van der Waals surface area contributed by atoms with E-state index in [2.05, 4.69) is 22.6 Å². The Morgan fingerprint density at radius 2 is 2.47 bits per heavy atom. The van der Waals surface area contributed by atoms with Crippen LogP contribution < -0.4 is 5.32 Å². The number of nitrogens with zero attached hydrogens (tertiary/aromatic N) is 1. The van der Waals surface area contributed by atoms with Crippen molar-refractivity contribution in [1.82, 2.24) is 10.5 Å². The third-order valence-electron chi connectivity index (χ3n) is 3.06. The van der Waals surface area contributed by atoms with Gasteiger partial charge in [-0.15, -0.1) is 0 Å². The van der Waals surface area contributed by atoms with E-state index < -0.39 is 0 Å². The molecule has 4 heteroatoms. The summed E-state index contributed by atoms with van der Waals surface area (Å²) in [5, 5.41) is 6.63. The number of carbonyl (C=O) groups excluding carboxylic acids is 1. The minimum Gasteiger partial charge on any atom is -0.364 e. The Morgan fingerprint density at radius 1 is 1.53 bits per heavy atom. The molecule has 92 valence electrons. The molecule has 0 radical (unpaired) electrons. The summed E-state index contributed by atoms with van der Waals surface area (Å²) in [7, 11) is 0. The summed E-state index contributed by atoms with van der Waals surface area (Å²) in [4.78, 5) is 11.8. The number of carbonyl (C=O) groups is 1. The second-order valence-electron chi connectivity index (χ2n) is 4.41. The summed E-state index contributed by atoms with van der Waals surface area (Å²) in [6.07, 6.45) is 12.3. The topological polar surface area (TPSA) is 55.1 Å². The van der Waals surface area contributed by atoms with Crippen LogP contribution in [0, 0.1) is 5.92 Å². The van der Waals surface area contributed by atoms with Gasteiger partial charge in [-0.1, -0.05) is 17.3 Å². The fraction of sp³-hybridized carbons (Fsp3) is 0.538. The maximum Gasteiger partial charge on any atom is 0.223 e. The average Bonchev–Trinajstić information content (AvgIpc) is 2.88. The summed E-state index contributed by atoms with van der Waals surface area (Å²) in [6.45, 7) is 0.726. The van der Waals surface area contributed by atoms with Gasteiger partial charge in [0, 0.05) is 18.0 Å². The van der Waals surface area contributed by atoms with Crippen LogP contribution in [0.3, 0.4) is 0 Å². The van der Waals surface area contributed by atoms with Crippen LogP contribution in [0.4, 0.5) is 0 Å². The van der Waals surface area contributed by atoms with Gasteiger partial charge in [-0.3, -0.25) is 4.79 Å². The molecule has 1 aliphatic carbocycles. The van der Waals surface area contributed by atoms with E-state index in [9.17, 15) is 4.79 Å². The standard InChI is InChI=1S/C13H18N2O2/c16-13(12-6-2-1-3-7-12)14-8-4-5-11-9-15-17-10-11/h1-2,9-10,12H,3-8H2,(H,14,16). The summed E-state index contributed by atoms with van der Waals surface area (Å²) in [5.74, 6) is 0.371. The SMILES string of the molecule is O=C(NCCCc1cnoc1)C1CC=CCC1. The van der Waals surface area contributed by atoms with Crippen molar-refractivity contribution in [2.75, 3.05) is 6.54 Å². The Bertz CT molecular complexity index is 371. The van der Waals surface area contributed by atoms with Gasteiger partial charge in [-0.05, 0) is 32.1 Å². The lowest BCUT2D eigenvalue weighted by Crippen LogP contribution is -2.32. The molecule has 0 saturated heterocycles. The Hall–Kier alpha value is -1.58. The first-order chi connectivity index (χ1) is 8.36. The van der Waals surface area contributed by atoms with Gasteiger partial charge in [0.15, 0.2) is 0 Å². The number of aryl methyl sites for hydroxylation is 1. The number of amides is 1. The molecule has 1 heterocycles. The van der Waals surface area contributed by atoms with E-state index in [0.717, 1.165) is 44.2 Å². The molecule has 1 aromatic rings. The number of aromatic nitrogens is 1. The van der Waals surface area contributed by atoms with E-state index in [0.29, 0.717) is 0 Å². The van der Waals surface area contributed by atoms with Gasteiger partial charge in [-0.2, -0.15) is 0 Å². The highest BCUT2D eigenvalue weighted by atomic mass is 16.5. The molecule has 0 saturated carbocycles. The maximum atomic E-state index is 11.8. The van der Waals surface area contributed by atoms with Gasteiger partial charge in [0.2, 0.25) is 5.91 Å². The monoisotopic (exact) mass is 234 g/mol. The Balaban J connectivity index is 1.61. The van der Waals surface area contributed by atoms with Crippen LogP contribution in [-0.2, 0) is 11.2 Å². The first kappa shape index (κ1) is 11.9. The fourth-order valence-corrected chi connectivity index (χ4v) is 2.03. The van der Waals surface area contributed by atoms with E-state index in [-0.39, 0.29) is 11.8 Å². The van der Waals surface area contributed by atoms with Crippen LogP contribution in [0.5, 0.6) is 0 Å². The van der Waals surface area contributed by atoms with E-state index in [4.69, 9.17) is 4.52 Å². The number of allylic oxidation sites excluding steroid dienone is 2. The molecule has 17 heavy (non-hydrogen) atoms. The average molecular weight is 234 g/mol. The van der Waals surface area contributed by atoms with Gasteiger partial charge in [0.1, 0.15) is 6.26 Å². The molecule has 1 amide bonds. The van der Waals surface area contributed by atoms with Crippen LogP contribution in [0.15, 0.2) is 29.1 Å². The van der Waals surface area contributed by atoms with Gasteiger partial charge in [0.25, 0.3) is 0 Å². The predicted molar refractivity (Wildman–Crippen MR) is 64.3 cm³/mol. The van der Waals surface area contributed by atoms with Crippen molar-refractivity contribution < 1.29 is 9.32 Å². The molecule has 0 aliphatic heterocycles. The summed E-state index contributed by atoms with van der Waals surface area (Å²) < 4.78 is 4.74. The largest absolute Gasteiger partial charge is 0.364 e. The molecule has 0 aromatic carbocycles. The molecular formula is C13H18N2O2. The van der Waals surface area contributed by atoms with Crippen molar-refractivity contribution in [1.29, 1.82) is 0 Å². The van der Waals surface area contributed by atoms with Gasteiger partial charge in [0.05, 0.1) is 6.20 Å². The number of hydrogen-bond donors (Lipinski definition) is 1. The minimum atomic E-state index is 0.176. The maximum absolute atomic E-state index is 11.8. The molecule has 0 bridgehead atoms. The van der Waals surface area contributed by atoms with Crippen LogP contribution in [-0.4, -0.2) is 17.6 Å². The van der Waals surface area contributed by atoms with E-state index >= 15 is 0 Å². The van der Waals surface area contributed by atoms with Crippen molar-refractivity contribution in [2.45, 2.75) is 32.1 Å². The second kappa shape index (κ2) is 6.23. The molecule has 0 fully saturated rings. The van der Waals surface area contributed by atoms with Crippen molar-refractivity contribution in [3.05, 3.63) is 30.2 Å². The lowest BCUT2D eigenvalue weighted by Gasteiger charge is -2.17. The quantitative estimate of drug-likeness (QED) is 0.627. The van der Waals surface area contributed by atoms with E-state index in [1.807, 2.05) is 0 Å². The zero-order valence-electron chi connectivity index (χ0n) is 9.89. The van der Waals surface area contributed by atoms with E-state index in [1.54, 1.807) is 12.5 Å². The van der Waals surface area contributed by atoms with Crippen LogP contribution >= 0.6 is 0 Å². The zero-order valence-corrected chi connectivity index (χ0v) is 9.89. The zero-order chi connectivity index (χ0) is 11.9. The van der Waals surface area contributed by atoms with Crippen molar-refractivity contribution >= 4 is 5.91 Å². The lowest BCUT2D eigenvalue weighted by atomic mass is 9.94. The number of rotatable bonds is 5. The molecule has 1 N–H and O–H groups in total. The second-order valence-corrected chi connectivity index (χ2v) is 4.41. The Labute approximate surface area is 101 Å². The highest BCUT2D eigenvalue weighted by Gasteiger charge is 2.17. The summed E-state index contributed by atoms with van der Waals surface area (Å²) in [5.41, 5.74) is 1.08. The predicted octanol–water partition coefficient (Wildman–Crippen LogP) is 2.08. The third kappa shape index (κ3) is 3.73.